The van der Waals surface area contributed by atoms with E-state index in [0.29, 0.717) is 30.8 Å². The lowest BCUT2D eigenvalue weighted by Crippen LogP contribution is -2.19. The minimum absolute atomic E-state index is 0.0103. The van der Waals surface area contributed by atoms with Crippen molar-refractivity contribution in [1.29, 1.82) is 0 Å². The van der Waals surface area contributed by atoms with Crippen LogP contribution in [-0.4, -0.2) is 38.1 Å². The van der Waals surface area contributed by atoms with Crippen LogP contribution in [0.25, 0.3) is 0 Å². The van der Waals surface area contributed by atoms with Crippen LogP contribution < -0.4 is 0 Å². The molecule has 0 aromatic rings. The first-order valence-corrected chi connectivity index (χ1v) is 20.2. The zero-order valence-electron chi connectivity index (χ0n) is 32.3. The van der Waals surface area contributed by atoms with Gasteiger partial charge < -0.3 is 9.64 Å². The third-order valence-electron chi connectivity index (χ3n) is 9.64. The smallest absolute Gasteiger partial charge is 0.305 e. The maximum absolute atomic E-state index is 12.3. The first-order valence-electron chi connectivity index (χ1n) is 20.2. The number of esters is 1. The van der Waals surface area contributed by atoms with E-state index in [0.717, 1.165) is 38.0 Å². The second-order valence-corrected chi connectivity index (χ2v) is 15.3. The third-order valence-corrected chi connectivity index (χ3v) is 9.64. The fourth-order valence-corrected chi connectivity index (χ4v) is 6.18. The molecular formula is C43H81NO2. The largest absolute Gasteiger partial charge is 0.465 e. The fraction of sp³-hybridized carbons (Fsp3) is 0.884. The maximum atomic E-state index is 12.3. The number of nitrogens with zero attached hydrogens (tertiary/aromatic N) is 1. The topological polar surface area (TPSA) is 29.5 Å². The molecule has 0 aromatic carbocycles. The molecule has 0 aliphatic carbocycles. The lowest BCUT2D eigenvalue weighted by molar-refractivity contribution is -0.145. The van der Waals surface area contributed by atoms with Crippen LogP contribution in [0.15, 0.2) is 12.2 Å². The molecule has 46 heavy (non-hydrogen) atoms. The van der Waals surface area contributed by atoms with Crippen LogP contribution in [0, 0.1) is 35.5 Å². The summed E-state index contributed by atoms with van der Waals surface area (Å²) >= 11 is 0. The van der Waals surface area contributed by atoms with Crippen molar-refractivity contribution in [2.45, 2.75) is 195 Å². The Bertz CT molecular complexity index is 744. The highest BCUT2D eigenvalue weighted by molar-refractivity contribution is 5.69. The Balaban J connectivity index is 3.86. The van der Waals surface area contributed by atoms with E-state index in [1.165, 1.54) is 129 Å². The summed E-state index contributed by atoms with van der Waals surface area (Å²) in [7, 11) is 4.42. The molecule has 0 aliphatic heterocycles. The minimum Gasteiger partial charge on any atom is -0.465 e. The van der Waals surface area contributed by atoms with Crippen LogP contribution in [0.1, 0.15) is 195 Å². The van der Waals surface area contributed by atoms with E-state index in [-0.39, 0.29) is 5.97 Å². The Labute approximate surface area is 289 Å². The van der Waals surface area contributed by atoms with Gasteiger partial charge in [-0.2, -0.15) is 0 Å². The van der Waals surface area contributed by atoms with E-state index in [1.807, 2.05) is 0 Å². The summed E-state index contributed by atoms with van der Waals surface area (Å²) in [5.41, 5.74) is 0. The molecule has 0 rings (SSSR count). The number of rotatable bonds is 32. The normalized spacial score (nSPS) is 13.1. The fourth-order valence-electron chi connectivity index (χ4n) is 6.18. The van der Waals surface area contributed by atoms with Gasteiger partial charge in [-0.05, 0) is 82.8 Å². The van der Waals surface area contributed by atoms with Crippen LogP contribution in [0.2, 0.25) is 0 Å². The molecule has 3 nitrogen and oxygen atoms in total. The van der Waals surface area contributed by atoms with Crippen LogP contribution in [-0.2, 0) is 9.53 Å². The second-order valence-electron chi connectivity index (χ2n) is 15.3. The van der Waals surface area contributed by atoms with Gasteiger partial charge in [0.2, 0.25) is 0 Å². The van der Waals surface area contributed by atoms with Gasteiger partial charge >= 0.3 is 5.97 Å². The van der Waals surface area contributed by atoms with Gasteiger partial charge in [-0.3, -0.25) is 4.79 Å². The Morgan fingerprint density at radius 2 is 1.28 bits per heavy atom. The van der Waals surface area contributed by atoms with Crippen molar-refractivity contribution in [1.82, 2.24) is 4.90 Å². The van der Waals surface area contributed by atoms with E-state index in [1.54, 1.807) is 0 Å². The number of ether oxygens (including phenoxy) is 1. The van der Waals surface area contributed by atoms with Crippen molar-refractivity contribution in [3.8, 4) is 11.8 Å². The van der Waals surface area contributed by atoms with E-state index in [9.17, 15) is 4.79 Å². The predicted octanol–water partition coefficient (Wildman–Crippen LogP) is 13.0. The van der Waals surface area contributed by atoms with Crippen molar-refractivity contribution in [2.24, 2.45) is 23.7 Å². The quantitative estimate of drug-likeness (QED) is 0.0316. The van der Waals surface area contributed by atoms with Crippen molar-refractivity contribution in [3.05, 3.63) is 12.2 Å². The average Bonchev–Trinajstić information content (AvgIpc) is 3.01. The van der Waals surface area contributed by atoms with Gasteiger partial charge in [-0.25, -0.2) is 0 Å². The maximum Gasteiger partial charge on any atom is 0.305 e. The summed E-state index contributed by atoms with van der Waals surface area (Å²) in [6.07, 6.45) is 35.8. The van der Waals surface area contributed by atoms with Crippen molar-refractivity contribution < 1.29 is 9.53 Å². The number of hydrogen-bond donors (Lipinski definition) is 0. The van der Waals surface area contributed by atoms with Crippen LogP contribution in [0.5, 0.6) is 0 Å². The summed E-state index contributed by atoms with van der Waals surface area (Å²) in [6.45, 7) is 13.1. The lowest BCUT2D eigenvalue weighted by Gasteiger charge is -2.21. The Kier molecular flexibility index (Phi) is 32.7. The van der Waals surface area contributed by atoms with Crippen LogP contribution in [0.4, 0.5) is 0 Å². The summed E-state index contributed by atoms with van der Waals surface area (Å²) in [6, 6.07) is 0. The monoisotopic (exact) mass is 644 g/mol. The van der Waals surface area contributed by atoms with Crippen LogP contribution >= 0.6 is 0 Å². The van der Waals surface area contributed by atoms with Gasteiger partial charge in [0.15, 0.2) is 0 Å². The molecule has 0 fully saturated rings. The highest BCUT2D eigenvalue weighted by atomic mass is 16.5. The Morgan fingerprint density at radius 3 is 1.87 bits per heavy atom. The van der Waals surface area contributed by atoms with E-state index in [2.05, 4.69) is 77.6 Å². The lowest BCUT2D eigenvalue weighted by atomic mass is 9.89. The summed E-state index contributed by atoms with van der Waals surface area (Å²) in [4.78, 5) is 14.6. The molecule has 0 aromatic heterocycles. The van der Waals surface area contributed by atoms with Gasteiger partial charge in [-0.15, -0.1) is 5.92 Å². The molecule has 0 saturated carbocycles. The Hall–Kier alpha value is -1.27. The van der Waals surface area contributed by atoms with Gasteiger partial charge in [0.05, 0.1) is 6.61 Å². The number of allylic oxidation sites excluding steroid dienone is 2. The molecule has 0 saturated heterocycles. The number of carbonyl (C=O) groups excluding carboxylic acids is 1. The zero-order valence-corrected chi connectivity index (χ0v) is 32.3. The van der Waals surface area contributed by atoms with E-state index >= 15 is 0 Å². The van der Waals surface area contributed by atoms with Gasteiger partial charge in [0, 0.05) is 19.3 Å². The second kappa shape index (κ2) is 33.6. The highest BCUT2D eigenvalue weighted by Gasteiger charge is 2.16. The van der Waals surface area contributed by atoms with Crippen molar-refractivity contribution >= 4 is 5.97 Å². The SMILES string of the molecule is CCCCC/C=C\CC#CCCCCCCCCCC(CCCCCCCCC(=O)OCC(CCC(C)C)C(C)C)CCN(C)C. The number of hydrogen-bond acceptors (Lipinski definition) is 3. The molecule has 0 radical (unpaired) electrons. The van der Waals surface area contributed by atoms with E-state index < -0.39 is 0 Å². The molecule has 0 N–H and O–H groups in total. The molecule has 3 heteroatoms. The number of carbonyl (C=O) groups is 1. The summed E-state index contributed by atoms with van der Waals surface area (Å²) in [5, 5.41) is 0. The third kappa shape index (κ3) is 32.7. The van der Waals surface area contributed by atoms with Crippen molar-refractivity contribution in [3.63, 3.8) is 0 Å². The van der Waals surface area contributed by atoms with Gasteiger partial charge in [0.1, 0.15) is 0 Å². The molecule has 2 atom stereocenters. The van der Waals surface area contributed by atoms with Crippen molar-refractivity contribution in [2.75, 3.05) is 27.2 Å². The summed E-state index contributed by atoms with van der Waals surface area (Å²) < 4.78 is 5.66. The van der Waals surface area contributed by atoms with Gasteiger partial charge in [0.25, 0.3) is 0 Å². The highest BCUT2D eigenvalue weighted by Crippen LogP contribution is 2.23. The molecule has 0 spiro atoms. The first kappa shape index (κ1) is 44.7. The zero-order chi connectivity index (χ0) is 34.1. The molecule has 0 amide bonds. The number of unbranched alkanes of at least 4 members (excludes halogenated alkanes) is 15. The molecule has 0 bridgehead atoms. The first-order chi connectivity index (χ1) is 22.3. The average molecular weight is 644 g/mol. The van der Waals surface area contributed by atoms with Gasteiger partial charge in [-0.1, -0.05) is 155 Å². The minimum atomic E-state index is 0.0103. The van der Waals surface area contributed by atoms with E-state index in [4.69, 9.17) is 4.74 Å². The predicted molar refractivity (Wildman–Crippen MR) is 204 cm³/mol. The molecule has 0 heterocycles. The Morgan fingerprint density at radius 1 is 0.674 bits per heavy atom. The summed E-state index contributed by atoms with van der Waals surface area (Å²) in [5.74, 6) is 9.36. The molecule has 0 aliphatic rings. The molecule has 2 unspecified atom stereocenters. The molecular weight excluding hydrogens is 562 g/mol. The van der Waals surface area contributed by atoms with Crippen LogP contribution in [0.3, 0.4) is 0 Å². The molecule has 270 valence electrons. The standard InChI is InChI=1S/C43H81NO2/c1-8-9-10-11-12-13-14-15-16-17-18-19-20-21-22-25-28-31-41(36-37-44(6)7)32-29-26-23-24-27-30-33-43(45)46-38-42(40(4)5)35-34-39(2)3/h12-13,39-42H,8-11,14,17-38H2,1-7H3/b13-12-.